The van der Waals surface area contributed by atoms with Crippen LogP contribution in [0.1, 0.15) is 43.0 Å². The number of ether oxygens (including phenoxy) is 4. The summed E-state index contributed by atoms with van der Waals surface area (Å²) in [5.41, 5.74) is 0.400. The van der Waals surface area contributed by atoms with Crippen molar-refractivity contribution in [1.82, 2.24) is 10.2 Å². The summed E-state index contributed by atoms with van der Waals surface area (Å²) in [7, 11) is 4.49. The van der Waals surface area contributed by atoms with Gasteiger partial charge in [0.05, 0.1) is 34.4 Å². The Bertz CT molecular complexity index is 733. The maximum absolute atomic E-state index is 12.7. The third kappa shape index (κ3) is 6.01. The molecule has 1 heterocycles. The molecule has 30 heavy (non-hydrogen) atoms. The predicted molar refractivity (Wildman–Crippen MR) is 109 cm³/mol. The molecule has 0 bridgehead atoms. The van der Waals surface area contributed by atoms with Crippen LogP contribution in [0.15, 0.2) is 12.1 Å². The van der Waals surface area contributed by atoms with Gasteiger partial charge in [0.1, 0.15) is 0 Å². The van der Waals surface area contributed by atoms with Gasteiger partial charge >= 0.3 is 5.97 Å². The van der Waals surface area contributed by atoms with E-state index in [0.717, 1.165) is 0 Å². The fourth-order valence-corrected chi connectivity index (χ4v) is 3.35. The molecule has 166 valence electrons. The quantitative estimate of drug-likeness (QED) is 0.605. The molecule has 9 nitrogen and oxygen atoms in total. The number of piperidine rings is 1. The molecule has 0 spiro atoms. The molecule has 0 radical (unpaired) electrons. The maximum atomic E-state index is 12.7. The molecule has 1 aromatic rings. The molecule has 1 aromatic carbocycles. The van der Waals surface area contributed by atoms with Gasteiger partial charge in [-0.15, -0.1) is 0 Å². The van der Waals surface area contributed by atoms with Crippen molar-refractivity contribution in [2.75, 3.05) is 41.0 Å². The zero-order valence-electron chi connectivity index (χ0n) is 18.0. The summed E-state index contributed by atoms with van der Waals surface area (Å²) in [4.78, 5) is 38.1. The number of hydrogen-bond donors (Lipinski definition) is 1. The molecule has 0 atom stereocenters. The third-order valence-corrected chi connectivity index (χ3v) is 4.96. The van der Waals surface area contributed by atoms with Crippen molar-refractivity contribution >= 4 is 17.8 Å². The Morgan fingerprint density at radius 1 is 1.00 bits per heavy atom. The van der Waals surface area contributed by atoms with Crippen LogP contribution in [0, 0.1) is 0 Å². The highest BCUT2D eigenvalue weighted by Crippen LogP contribution is 2.38. The van der Waals surface area contributed by atoms with Crippen LogP contribution in [0.5, 0.6) is 17.2 Å². The monoisotopic (exact) mass is 422 g/mol. The number of benzene rings is 1. The number of carbonyl (C=O) groups is 3. The van der Waals surface area contributed by atoms with Gasteiger partial charge < -0.3 is 29.2 Å². The first-order chi connectivity index (χ1) is 14.4. The minimum Gasteiger partial charge on any atom is -0.493 e. The van der Waals surface area contributed by atoms with Crippen LogP contribution in [-0.2, 0) is 14.3 Å². The van der Waals surface area contributed by atoms with Crippen molar-refractivity contribution in [2.24, 2.45) is 0 Å². The van der Waals surface area contributed by atoms with Crippen molar-refractivity contribution in [3.05, 3.63) is 17.7 Å². The Labute approximate surface area is 176 Å². The zero-order valence-corrected chi connectivity index (χ0v) is 18.0. The fourth-order valence-electron chi connectivity index (χ4n) is 3.35. The smallest absolute Gasteiger partial charge is 0.306 e. The number of nitrogens with one attached hydrogen (secondary N) is 1. The first kappa shape index (κ1) is 23.3. The molecule has 1 aliphatic heterocycles. The Kier molecular flexibility index (Phi) is 8.76. The minimum absolute atomic E-state index is 0.0503. The standard InChI is InChI=1S/C21H30N2O7/c1-5-30-19(25)7-6-18(24)23-10-8-15(9-11-23)22-21(26)14-12-16(27-2)20(29-4)17(13-14)28-3/h12-13,15H,5-11H2,1-4H3,(H,22,26). The third-order valence-electron chi connectivity index (χ3n) is 4.96. The van der Waals surface area contributed by atoms with E-state index in [2.05, 4.69) is 5.32 Å². The highest BCUT2D eigenvalue weighted by Gasteiger charge is 2.25. The van der Waals surface area contributed by atoms with Crippen LogP contribution in [0.4, 0.5) is 0 Å². The normalized spacial score (nSPS) is 14.1. The second kappa shape index (κ2) is 11.3. The lowest BCUT2D eigenvalue weighted by atomic mass is 10.0. The average molecular weight is 422 g/mol. The molecule has 0 aliphatic carbocycles. The molecule has 2 rings (SSSR count). The van der Waals surface area contributed by atoms with Gasteiger partial charge in [-0.05, 0) is 31.9 Å². The highest BCUT2D eigenvalue weighted by molar-refractivity contribution is 5.95. The van der Waals surface area contributed by atoms with Gasteiger partial charge in [-0.25, -0.2) is 0 Å². The molecule has 0 unspecified atom stereocenters. The van der Waals surface area contributed by atoms with Crippen LogP contribution in [0.25, 0.3) is 0 Å². The lowest BCUT2D eigenvalue weighted by Gasteiger charge is -2.32. The number of nitrogens with zero attached hydrogens (tertiary/aromatic N) is 1. The van der Waals surface area contributed by atoms with Crippen molar-refractivity contribution in [3.63, 3.8) is 0 Å². The van der Waals surface area contributed by atoms with Gasteiger partial charge in [-0.2, -0.15) is 0 Å². The largest absolute Gasteiger partial charge is 0.493 e. The van der Waals surface area contributed by atoms with Crippen LogP contribution in [-0.4, -0.2) is 69.8 Å². The van der Waals surface area contributed by atoms with E-state index in [4.69, 9.17) is 18.9 Å². The fraction of sp³-hybridized carbons (Fsp3) is 0.571. The van der Waals surface area contributed by atoms with Crippen molar-refractivity contribution < 1.29 is 33.3 Å². The van der Waals surface area contributed by atoms with Crippen LogP contribution in [0.3, 0.4) is 0 Å². The summed E-state index contributed by atoms with van der Waals surface area (Å²) >= 11 is 0. The molecule has 9 heteroatoms. The topological polar surface area (TPSA) is 103 Å². The molecule has 0 aromatic heterocycles. The first-order valence-corrected chi connectivity index (χ1v) is 9.97. The summed E-state index contributed by atoms with van der Waals surface area (Å²) in [6, 6.07) is 3.15. The van der Waals surface area contributed by atoms with Gasteiger partial charge in [-0.1, -0.05) is 0 Å². The summed E-state index contributed by atoms with van der Waals surface area (Å²) in [6.07, 6.45) is 1.51. The SMILES string of the molecule is CCOC(=O)CCC(=O)N1CCC(NC(=O)c2cc(OC)c(OC)c(OC)c2)CC1. The second-order valence-corrected chi connectivity index (χ2v) is 6.85. The van der Waals surface area contributed by atoms with Crippen LogP contribution < -0.4 is 19.5 Å². The first-order valence-electron chi connectivity index (χ1n) is 9.97. The van der Waals surface area contributed by atoms with Gasteiger partial charge in [0.2, 0.25) is 11.7 Å². The molecule has 1 fully saturated rings. The van der Waals surface area contributed by atoms with E-state index in [1.54, 1.807) is 24.0 Å². The molecule has 2 amide bonds. The Balaban J connectivity index is 1.90. The number of likely N-dealkylation sites (tertiary alicyclic amines) is 1. The minimum atomic E-state index is -0.363. The van der Waals surface area contributed by atoms with E-state index in [1.165, 1.54) is 21.3 Å². The molecular weight excluding hydrogens is 392 g/mol. The van der Waals surface area contributed by atoms with Crippen molar-refractivity contribution in [2.45, 2.75) is 38.6 Å². The summed E-state index contributed by atoms with van der Waals surface area (Å²) < 4.78 is 20.7. The van der Waals surface area contributed by atoms with Crippen molar-refractivity contribution in [1.29, 1.82) is 0 Å². The molecular formula is C21H30N2O7. The molecule has 1 saturated heterocycles. The predicted octanol–water partition coefficient (Wildman–Crippen LogP) is 1.78. The van der Waals surface area contributed by atoms with Crippen LogP contribution >= 0.6 is 0 Å². The Morgan fingerprint density at radius 3 is 2.10 bits per heavy atom. The van der Waals surface area contributed by atoms with Crippen LogP contribution in [0.2, 0.25) is 0 Å². The number of methoxy groups -OCH3 is 3. The Hall–Kier alpha value is -2.97. The second-order valence-electron chi connectivity index (χ2n) is 6.85. The summed E-state index contributed by atoms with van der Waals surface area (Å²) in [5, 5.41) is 3.00. The highest BCUT2D eigenvalue weighted by atomic mass is 16.5. The van der Waals surface area contributed by atoms with Crippen molar-refractivity contribution in [3.8, 4) is 17.2 Å². The molecule has 1 N–H and O–H groups in total. The van der Waals surface area contributed by atoms with E-state index in [0.29, 0.717) is 55.4 Å². The Morgan fingerprint density at radius 2 is 1.60 bits per heavy atom. The number of hydrogen-bond acceptors (Lipinski definition) is 7. The van der Waals surface area contributed by atoms with E-state index in [9.17, 15) is 14.4 Å². The lowest BCUT2D eigenvalue weighted by molar-refractivity contribution is -0.145. The van der Waals surface area contributed by atoms with E-state index in [-0.39, 0.29) is 36.7 Å². The lowest BCUT2D eigenvalue weighted by Crippen LogP contribution is -2.46. The van der Waals surface area contributed by atoms with E-state index < -0.39 is 0 Å². The molecule has 1 aliphatic rings. The van der Waals surface area contributed by atoms with Gasteiger partial charge in [-0.3, -0.25) is 14.4 Å². The van der Waals surface area contributed by atoms with Gasteiger partial charge in [0.25, 0.3) is 5.91 Å². The average Bonchev–Trinajstić information content (AvgIpc) is 2.76. The van der Waals surface area contributed by atoms with E-state index in [1.807, 2.05) is 0 Å². The molecule has 0 saturated carbocycles. The number of carbonyl (C=O) groups excluding carboxylic acids is 3. The summed E-state index contributed by atoms with van der Waals surface area (Å²) in [5.74, 6) is 0.552. The zero-order chi connectivity index (χ0) is 22.1. The van der Waals surface area contributed by atoms with E-state index >= 15 is 0 Å². The van der Waals surface area contributed by atoms with Gasteiger partial charge in [0, 0.05) is 31.1 Å². The number of rotatable bonds is 9. The number of esters is 1. The van der Waals surface area contributed by atoms with Gasteiger partial charge in [0.15, 0.2) is 11.5 Å². The number of amides is 2. The summed E-state index contributed by atoms with van der Waals surface area (Å²) in [6.45, 7) is 3.10. The maximum Gasteiger partial charge on any atom is 0.306 e.